The summed E-state index contributed by atoms with van der Waals surface area (Å²) in [6.07, 6.45) is 5.43. The van der Waals surface area contributed by atoms with Gasteiger partial charge in [-0.05, 0) is 54.3 Å². The van der Waals surface area contributed by atoms with Gasteiger partial charge in [0.25, 0.3) is 0 Å². The molecule has 0 aliphatic heterocycles. The first kappa shape index (κ1) is 18.6. The lowest BCUT2D eigenvalue weighted by Crippen LogP contribution is -2.60. The average Bonchev–Trinajstić information content (AvgIpc) is 2.56. The van der Waals surface area contributed by atoms with Gasteiger partial charge < -0.3 is 9.84 Å². The number of ketones is 1. The Morgan fingerprint density at radius 1 is 1.28 bits per heavy atom. The fourth-order valence-electron chi connectivity index (χ4n) is 6.32. The second-order valence-corrected chi connectivity index (χ2v) is 9.31. The van der Waals surface area contributed by atoms with Crippen LogP contribution < -0.4 is 0 Å². The SMILES string of the molecule is COC(=O)/C=C1\CC[C@H]2[C@@H](C(=O)C[C@H]3C(C)(C)C(O)CC[C@]23C)C1C. The van der Waals surface area contributed by atoms with E-state index in [2.05, 4.69) is 27.7 Å². The number of fused-ring (bicyclic) bond motifs is 3. The van der Waals surface area contributed by atoms with Crippen LogP contribution in [-0.2, 0) is 14.3 Å². The van der Waals surface area contributed by atoms with Gasteiger partial charge in [0.05, 0.1) is 13.2 Å². The molecule has 0 saturated heterocycles. The maximum Gasteiger partial charge on any atom is 0.330 e. The molecule has 2 unspecified atom stereocenters. The summed E-state index contributed by atoms with van der Waals surface area (Å²) in [4.78, 5) is 24.8. The van der Waals surface area contributed by atoms with Crippen molar-refractivity contribution in [2.24, 2.45) is 34.5 Å². The lowest BCUT2D eigenvalue weighted by Gasteiger charge is -2.62. The van der Waals surface area contributed by atoms with Gasteiger partial charge in [0.2, 0.25) is 0 Å². The molecule has 3 saturated carbocycles. The molecule has 3 rings (SSSR count). The summed E-state index contributed by atoms with van der Waals surface area (Å²) < 4.78 is 4.78. The highest BCUT2D eigenvalue weighted by Crippen LogP contribution is 2.63. The second kappa shape index (κ2) is 6.22. The molecule has 3 aliphatic rings. The molecular weight excluding hydrogens is 316 g/mol. The van der Waals surface area contributed by atoms with Crippen LogP contribution in [0.5, 0.6) is 0 Å². The number of aliphatic hydroxyl groups is 1. The van der Waals surface area contributed by atoms with Crippen molar-refractivity contribution in [3.05, 3.63) is 11.6 Å². The molecule has 4 heteroatoms. The van der Waals surface area contributed by atoms with E-state index in [4.69, 9.17) is 4.74 Å². The fourth-order valence-corrected chi connectivity index (χ4v) is 6.32. The van der Waals surface area contributed by atoms with Crippen LogP contribution in [0.2, 0.25) is 0 Å². The van der Waals surface area contributed by atoms with Crippen LogP contribution in [0.3, 0.4) is 0 Å². The molecular formula is C21H32O4. The maximum absolute atomic E-state index is 13.1. The number of aliphatic hydroxyl groups excluding tert-OH is 1. The minimum Gasteiger partial charge on any atom is -0.466 e. The number of carbonyl (C=O) groups excluding carboxylic acids is 2. The number of rotatable bonds is 1. The van der Waals surface area contributed by atoms with E-state index in [0.717, 1.165) is 31.3 Å². The lowest BCUT2D eigenvalue weighted by molar-refractivity contribution is -0.172. The third-order valence-corrected chi connectivity index (χ3v) is 7.94. The molecule has 0 aromatic heterocycles. The van der Waals surface area contributed by atoms with Gasteiger partial charge in [0, 0.05) is 18.4 Å². The summed E-state index contributed by atoms with van der Waals surface area (Å²) in [7, 11) is 1.39. The highest BCUT2D eigenvalue weighted by atomic mass is 16.5. The van der Waals surface area contributed by atoms with E-state index in [-0.39, 0.29) is 40.7 Å². The molecule has 0 radical (unpaired) electrons. The molecule has 0 aromatic rings. The number of ether oxygens (including phenoxy) is 1. The number of allylic oxidation sites excluding steroid dienone is 1. The van der Waals surface area contributed by atoms with E-state index in [1.54, 1.807) is 6.08 Å². The molecule has 0 amide bonds. The Labute approximate surface area is 151 Å². The third kappa shape index (κ3) is 2.77. The van der Waals surface area contributed by atoms with Crippen molar-refractivity contribution in [3.63, 3.8) is 0 Å². The third-order valence-electron chi connectivity index (χ3n) is 7.94. The number of carbonyl (C=O) groups is 2. The van der Waals surface area contributed by atoms with E-state index in [0.29, 0.717) is 18.1 Å². The van der Waals surface area contributed by atoms with Crippen molar-refractivity contribution in [1.82, 2.24) is 0 Å². The minimum absolute atomic E-state index is 0.00283. The van der Waals surface area contributed by atoms with Crippen LogP contribution in [0.25, 0.3) is 0 Å². The summed E-state index contributed by atoms with van der Waals surface area (Å²) in [5, 5.41) is 10.5. The second-order valence-electron chi connectivity index (χ2n) is 9.31. The Hall–Kier alpha value is -1.16. The fraction of sp³-hybridized carbons (Fsp3) is 0.810. The predicted octanol–water partition coefficient (Wildman–Crippen LogP) is 3.52. The number of methoxy groups -OCH3 is 1. The van der Waals surface area contributed by atoms with Gasteiger partial charge in [-0.25, -0.2) is 4.79 Å². The zero-order valence-corrected chi connectivity index (χ0v) is 16.2. The Morgan fingerprint density at radius 3 is 2.60 bits per heavy atom. The monoisotopic (exact) mass is 348 g/mol. The van der Waals surface area contributed by atoms with Crippen molar-refractivity contribution >= 4 is 11.8 Å². The molecule has 6 atom stereocenters. The summed E-state index contributed by atoms with van der Waals surface area (Å²) in [6.45, 7) is 8.69. The van der Waals surface area contributed by atoms with Crippen molar-refractivity contribution in [2.45, 2.75) is 65.9 Å². The molecule has 0 bridgehead atoms. The first-order valence-electron chi connectivity index (χ1n) is 9.62. The number of hydrogen-bond acceptors (Lipinski definition) is 4. The van der Waals surface area contributed by atoms with Crippen LogP contribution in [0.4, 0.5) is 0 Å². The van der Waals surface area contributed by atoms with E-state index in [9.17, 15) is 14.7 Å². The Balaban J connectivity index is 1.95. The number of hydrogen-bond donors (Lipinski definition) is 1. The number of esters is 1. The standard InChI is InChI=1S/C21H32O4/c1-12-13(10-18(24)25-5)6-7-14-19(12)15(22)11-16-20(2,3)17(23)8-9-21(14,16)4/h10,12,14,16-17,19,23H,6-9,11H2,1-5H3/b13-10+/t12?,14-,16-,17?,19-,21+/m0/s1. The Kier molecular flexibility index (Phi) is 4.64. The van der Waals surface area contributed by atoms with Gasteiger partial charge in [-0.2, -0.15) is 0 Å². The zero-order chi connectivity index (χ0) is 18.6. The highest BCUT2D eigenvalue weighted by molar-refractivity contribution is 5.85. The summed E-state index contributed by atoms with van der Waals surface area (Å²) in [6, 6.07) is 0. The number of Topliss-reactive ketones (excluding diaryl/α,β-unsaturated/α-hetero) is 1. The summed E-state index contributed by atoms with van der Waals surface area (Å²) in [5.74, 6) is 0.661. The average molecular weight is 348 g/mol. The van der Waals surface area contributed by atoms with Gasteiger partial charge in [-0.15, -0.1) is 0 Å². The quantitative estimate of drug-likeness (QED) is 0.582. The summed E-state index contributed by atoms with van der Waals surface area (Å²) >= 11 is 0. The van der Waals surface area contributed by atoms with Gasteiger partial charge in [-0.3, -0.25) is 4.79 Å². The normalized spacial score (nSPS) is 44.8. The van der Waals surface area contributed by atoms with Crippen LogP contribution in [-0.4, -0.2) is 30.1 Å². The summed E-state index contributed by atoms with van der Waals surface area (Å²) in [5.41, 5.74) is 0.921. The first-order valence-corrected chi connectivity index (χ1v) is 9.62. The lowest BCUT2D eigenvalue weighted by atomic mass is 9.42. The van der Waals surface area contributed by atoms with E-state index >= 15 is 0 Å². The first-order chi connectivity index (χ1) is 11.6. The van der Waals surface area contributed by atoms with Crippen LogP contribution >= 0.6 is 0 Å². The van der Waals surface area contributed by atoms with Crippen molar-refractivity contribution < 1.29 is 19.4 Å². The van der Waals surface area contributed by atoms with Crippen molar-refractivity contribution in [1.29, 1.82) is 0 Å². The topological polar surface area (TPSA) is 63.6 Å². The maximum atomic E-state index is 13.1. The molecule has 0 heterocycles. The Morgan fingerprint density at radius 2 is 1.96 bits per heavy atom. The molecule has 0 spiro atoms. The molecule has 3 fully saturated rings. The molecule has 3 aliphatic carbocycles. The van der Waals surface area contributed by atoms with E-state index in [1.807, 2.05) is 0 Å². The molecule has 1 N–H and O–H groups in total. The largest absolute Gasteiger partial charge is 0.466 e. The van der Waals surface area contributed by atoms with Crippen LogP contribution in [0.15, 0.2) is 11.6 Å². The van der Waals surface area contributed by atoms with Crippen molar-refractivity contribution in [3.8, 4) is 0 Å². The minimum atomic E-state index is -0.328. The molecule has 0 aromatic carbocycles. The van der Waals surface area contributed by atoms with Crippen LogP contribution in [0, 0.1) is 34.5 Å². The van der Waals surface area contributed by atoms with Gasteiger partial charge in [-0.1, -0.05) is 33.3 Å². The smallest absolute Gasteiger partial charge is 0.330 e. The predicted molar refractivity (Wildman–Crippen MR) is 95.7 cm³/mol. The molecule has 25 heavy (non-hydrogen) atoms. The van der Waals surface area contributed by atoms with Crippen LogP contribution in [0.1, 0.15) is 59.8 Å². The zero-order valence-electron chi connectivity index (χ0n) is 16.2. The van der Waals surface area contributed by atoms with Gasteiger partial charge >= 0.3 is 5.97 Å². The van der Waals surface area contributed by atoms with Gasteiger partial charge in [0.15, 0.2) is 0 Å². The van der Waals surface area contributed by atoms with Gasteiger partial charge in [0.1, 0.15) is 5.78 Å². The molecule has 140 valence electrons. The van der Waals surface area contributed by atoms with Crippen molar-refractivity contribution in [2.75, 3.05) is 7.11 Å². The Bertz CT molecular complexity index is 605. The van der Waals surface area contributed by atoms with E-state index < -0.39 is 0 Å². The highest BCUT2D eigenvalue weighted by Gasteiger charge is 2.61. The van der Waals surface area contributed by atoms with E-state index in [1.165, 1.54) is 7.11 Å². The molecule has 4 nitrogen and oxygen atoms in total.